The van der Waals surface area contributed by atoms with Crippen LogP contribution in [0.5, 0.6) is 0 Å². The zero-order valence-corrected chi connectivity index (χ0v) is 9.72. The van der Waals surface area contributed by atoms with E-state index in [1.807, 2.05) is 36.6 Å². The largest absolute Gasteiger partial charge is 0.240 e. The summed E-state index contributed by atoms with van der Waals surface area (Å²) in [5.41, 5.74) is 1.66. The topological polar surface area (TPSA) is 25.8 Å². The highest BCUT2D eigenvalue weighted by Gasteiger charge is 2.02. The van der Waals surface area contributed by atoms with E-state index in [0.29, 0.717) is 5.15 Å². The van der Waals surface area contributed by atoms with E-state index in [4.69, 9.17) is 11.6 Å². The van der Waals surface area contributed by atoms with E-state index >= 15 is 0 Å². The number of nitrogens with zero attached hydrogens (tertiary/aromatic N) is 2. The first-order valence-electron chi connectivity index (χ1n) is 4.43. The molecule has 15 heavy (non-hydrogen) atoms. The van der Waals surface area contributed by atoms with Crippen LogP contribution >= 0.6 is 23.4 Å². The summed E-state index contributed by atoms with van der Waals surface area (Å²) in [6, 6.07) is 11.4. The van der Waals surface area contributed by atoms with Gasteiger partial charge in [0.2, 0.25) is 0 Å². The van der Waals surface area contributed by atoms with Crippen molar-refractivity contribution in [2.24, 2.45) is 0 Å². The molecule has 0 atom stereocenters. The molecule has 2 rings (SSSR count). The van der Waals surface area contributed by atoms with Crippen LogP contribution in [0.3, 0.4) is 0 Å². The van der Waals surface area contributed by atoms with Crippen LogP contribution in [0.15, 0.2) is 41.4 Å². The Bertz CT molecular complexity index is 474. The highest BCUT2D eigenvalue weighted by Crippen LogP contribution is 2.19. The molecular weight excluding hydrogens is 228 g/mol. The predicted octanol–water partition coefficient (Wildman–Crippen LogP) is 3.52. The van der Waals surface area contributed by atoms with Crippen molar-refractivity contribution in [3.05, 3.63) is 41.6 Å². The number of rotatable bonds is 2. The molecule has 0 aliphatic heterocycles. The number of pyridine rings is 2. The van der Waals surface area contributed by atoms with Gasteiger partial charge in [-0.05, 0) is 30.5 Å². The van der Waals surface area contributed by atoms with Gasteiger partial charge in [0.05, 0.1) is 16.4 Å². The second kappa shape index (κ2) is 4.64. The molecule has 0 N–H and O–H groups in total. The fourth-order valence-corrected chi connectivity index (χ4v) is 1.79. The summed E-state index contributed by atoms with van der Waals surface area (Å²) in [5, 5.41) is 1.47. The third-order valence-corrected chi connectivity index (χ3v) is 2.77. The maximum absolute atomic E-state index is 5.82. The average molecular weight is 237 g/mol. The summed E-state index contributed by atoms with van der Waals surface area (Å²) < 4.78 is 0. The fourth-order valence-electron chi connectivity index (χ4n) is 1.22. The van der Waals surface area contributed by atoms with Gasteiger partial charge < -0.3 is 0 Å². The quantitative estimate of drug-likeness (QED) is 0.590. The summed E-state index contributed by atoms with van der Waals surface area (Å²) in [6.07, 6.45) is 2.00. The molecule has 0 saturated heterocycles. The molecule has 2 nitrogen and oxygen atoms in total. The first kappa shape index (κ1) is 10.5. The van der Waals surface area contributed by atoms with Crippen LogP contribution in [0.25, 0.3) is 11.4 Å². The molecule has 0 amide bonds. The SMILES string of the molecule is CSc1cccc(-c2cccc(Cl)n2)n1. The first-order chi connectivity index (χ1) is 7.29. The molecule has 0 spiro atoms. The van der Waals surface area contributed by atoms with Crippen LogP contribution < -0.4 is 0 Å². The maximum atomic E-state index is 5.82. The van der Waals surface area contributed by atoms with Gasteiger partial charge >= 0.3 is 0 Å². The minimum atomic E-state index is 0.490. The van der Waals surface area contributed by atoms with Crippen LogP contribution in [-0.2, 0) is 0 Å². The van der Waals surface area contributed by atoms with Crippen molar-refractivity contribution in [1.29, 1.82) is 0 Å². The monoisotopic (exact) mass is 236 g/mol. The van der Waals surface area contributed by atoms with Crippen LogP contribution in [0, 0.1) is 0 Å². The molecule has 76 valence electrons. The van der Waals surface area contributed by atoms with E-state index in [1.165, 1.54) is 0 Å². The van der Waals surface area contributed by atoms with E-state index in [9.17, 15) is 0 Å². The molecular formula is C11H9ClN2S. The normalized spacial score (nSPS) is 10.3. The highest BCUT2D eigenvalue weighted by atomic mass is 35.5. The van der Waals surface area contributed by atoms with Gasteiger partial charge in [-0.25, -0.2) is 9.97 Å². The molecule has 0 aliphatic carbocycles. The highest BCUT2D eigenvalue weighted by molar-refractivity contribution is 7.98. The van der Waals surface area contributed by atoms with Crippen LogP contribution in [0.2, 0.25) is 5.15 Å². The number of halogens is 1. The van der Waals surface area contributed by atoms with Crippen LogP contribution in [-0.4, -0.2) is 16.2 Å². The summed E-state index contributed by atoms with van der Waals surface area (Å²) in [6.45, 7) is 0. The molecule has 2 aromatic heterocycles. The minimum Gasteiger partial charge on any atom is -0.240 e. The third kappa shape index (κ3) is 2.49. The number of hydrogen-bond acceptors (Lipinski definition) is 3. The van der Waals surface area contributed by atoms with Gasteiger partial charge in [-0.2, -0.15) is 0 Å². The Labute approximate surface area is 97.7 Å². The van der Waals surface area contributed by atoms with Crippen molar-refractivity contribution in [3.8, 4) is 11.4 Å². The number of thioether (sulfide) groups is 1. The summed E-state index contributed by atoms with van der Waals surface area (Å²) in [5.74, 6) is 0. The number of hydrogen-bond donors (Lipinski definition) is 0. The lowest BCUT2D eigenvalue weighted by Crippen LogP contribution is -1.88. The fraction of sp³-hybridized carbons (Fsp3) is 0.0909. The van der Waals surface area contributed by atoms with E-state index in [-0.39, 0.29) is 0 Å². The first-order valence-corrected chi connectivity index (χ1v) is 6.04. The molecule has 0 unspecified atom stereocenters. The van der Waals surface area contributed by atoms with E-state index in [2.05, 4.69) is 9.97 Å². The molecule has 0 radical (unpaired) electrons. The van der Waals surface area contributed by atoms with E-state index in [0.717, 1.165) is 16.4 Å². The van der Waals surface area contributed by atoms with E-state index < -0.39 is 0 Å². The Morgan fingerprint density at radius 1 is 1.00 bits per heavy atom. The molecule has 2 aromatic rings. The predicted molar refractivity (Wildman–Crippen MR) is 64.3 cm³/mol. The maximum Gasteiger partial charge on any atom is 0.129 e. The van der Waals surface area contributed by atoms with Gasteiger partial charge in [0.25, 0.3) is 0 Å². The Kier molecular flexibility index (Phi) is 3.23. The molecule has 0 fully saturated rings. The zero-order chi connectivity index (χ0) is 10.7. The minimum absolute atomic E-state index is 0.490. The van der Waals surface area contributed by atoms with Crippen molar-refractivity contribution in [2.45, 2.75) is 5.03 Å². The number of aromatic nitrogens is 2. The average Bonchev–Trinajstić information content (AvgIpc) is 2.29. The standard InChI is InChI=1S/C11H9ClN2S/c1-15-11-7-3-5-9(14-11)8-4-2-6-10(12)13-8/h2-7H,1H3. The molecule has 2 heterocycles. The van der Waals surface area contributed by atoms with Gasteiger partial charge in [0, 0.05) is 0 Å². The molecule has 0 aromatic carbocycles. The molecule has 0 bridgehead atoms. The molecule has 4 heteroatoms. The second-order valence-electron chi connectivity index (χ2n) is 2.91. The Balaban J connectivity index is 2.44. The summed E-state index contributed by atoms with van der Waals surface area (Å²) in [4.78, 5) is 8.66. The summed E-state index contributed by atoms with van der Waals surface area (Å²) in [7, 11) is 0. The van der Waals surface area contributed by atoms with Crippen LogP contribution in [0.1, 0.15) is 0 Å². The van der Waals surface area contributed by atoms with Gasteiger partial charge in [-0.1, -0.05) is 23.7 Å². The smallest absolute Gasteiger partial charge is 0.129 e. The lowest BCUT2D eigenvalue weighted by molar-refractivity contribution is 1.12. The van der Waals surface area contributed by atoms with Gasteiger partial charge in [-0.3, -0.25) is 0 Å². The van der Waals surface area contributed by atoms with Crippen molar-refractivity contribution < 1.29 is 0 Å². The van der Waals surface area contributed by atoms with Crippen molar-refractivity contribution in [3.63, 3.8) is 0 Å². The van der Waals surface area contributed by atoms with Gasteiger partial charge in [0.15, 0.2) is 0 Å². The van der Waals surface area contributed by atoms with Crippen molar-refractivity contribution in [2.75, 3.05) is 6.26 Å². The second-order valence-corrected chi connectivity index (χ2v) is 4.12. The lowest BCUT2D eigenvalue weighted by atomic mass is 10.2. The Morgan fingerprint density at radius 2 is 1.67 bits per heavy atom. The van der Waals surface area contributed by atoms with E-state index in [1.54, 1.807) is 17.8 Å². The van der Waals surface area contributed by atoms with Crippen molar-refractivity contribution in [1.82, 2.24) is 9.97 Å². The van der Waals surface area contributed by atoms with Gasteiger partial charge in [0.1, 0.15) is 5.15 Å². The van der Waals surface area contributed by atoms with Gasteiger partial charge in [-0.15, -0.1) is 11.8 Å². The molecule has 0 aliphatic rings. The molecule has 0 saturated carbocycles. The Hall–Kier alpha value is -1.06. The third-order valence-electron chi connectivity index (χ3n) is 1.91. The zero-order valence-electron chi connectivity index (χ0n) is 8.14. The lowest BCUT2D eigenvalue weighted by Gasteiger charge is -2.01. The summed E-state index contributed by atoms with van der Waals surface area (Å²) >= 11 is 7.43. The van der Waals surface area contributed by atoms with Crippen molar-refractivity contribution >= 4 is 23.4 Å². The van der Waals surface area contributed by atoms with Crippen LogP contribution in [0.4, 0.5) is 0 Å². The Morgan fingerprint density at radius 3 is 2.33 bits per heavy atom.